The van der Waals surface area contributed by atoms with Gasteiger partial charge in [-0.2, -0.15) is 13.8 Å². The smallest absolute Gasteiger partial charge is 0.387 e. The van der Waals surface area contributed by atoms with Gasteiger partial charge in [0, 0.05) is 37.1 Å². The van der Waals surface area contributed by atoms with Gasteiger partial charge in [0.1, 0.15) is 22.8 Å². The van der Waals surface area contributed by atoms with Gasteiger partial charge in [0.25, 0.3) is 0 Å². The summed E-state index contributed by atoms with van der Waals surface area (Å²) in [6.07, 6.45) is 2.65. The lowest BCUT2D eigenvalue weighted by Gasteiger charge is -2.25. The van der Waals surface area contributed by atoms with E-state index in [4.69, 9.17) is 4.74 Å². The van der Waals surface area contributed by atoms with Gasteiger partial charge in [0.2, 0.25) is 11.9 Å². The molecule has 2 aromatic heterocycles. The molecule has 2 N–H and O–H groups in total. The van der Waals surface area contributed by atoms with Gasteiger partial charge >= 0.3 is 6.61 Å². The predicted molar refractivity (Wildman–Crippen MR) is 120 cm³/mol. The summed E-state index contributed by atoms with van der Waals surface area (Å²) in [6.45, 7) is -1.97. The number of nitrogens with one attached hydrogen (secondary N) is 2. The Bertz CT molecular complexity index is 1350. The van der Waals surface area contributed by atoms with Crippen LogP contribution in [0.15, 0.2) is 42.6 Å². The first kappa shape index (κ1) is 23.7. The lowest BCUT2D eigenvalue weighted by atomic mass is 10.1. The summed E-state index contributed by atoms with van der Waals surface area (Å²) in [7, 11) is 0. The molecule has 0 bridgehead atoms. The van der Waals surface area contributed by atoms with E-state index in [2.05, 4.69) is 30.3 Å². The molecule has 2 aromatic carbocycles. The van der Waals surface area contributed by atoms with Crippen molar-refractivity contribution in [3.05, 3.63) is 60.0 Å². The first-order valence-corrected chi connectivity index (χ1v) is 10.9. The number of hydrogen-bond acceptors (Lipinski definition) is 7. The van der Waals surface area contributed by atoms with Crippen LogP contribution in [0.2, 0.25) is 0 Å². The van der Waals surface area contributed by atoms with Crippen molar-refractivity contribution < 1.29 is 31.4 Å². The Kier molecular flexibility index (Phi) is 6.55. The van der Waals surface area contributed by atoms with Gasteiger partial charge in [-0.15, -0.1) is 0 Å². The number of halogens is 5. The van der Waals surface area contributed by atoms with Crippen LogP contribution in [0.25, 0.3) is 11.2 Å². The third-order valence-corrected chi connectivity index (χ3v) is 5.57. The number of fused-ring (bicyclic) bond motifs is 1. The maximum absolute atomic E-state index is 14.3. The maximum Gasteiger partial charge on any atom is 0.387 e. The van der Waals surface area contributed by atoms with E-state index >= 15 is 0 Å². The van der Waals surface area contributed by atoms with Crippen LogP contribution in [0.1, 0.15) is 18.9 Å². The van der Waals surface area contributed by atoms with Gasteiger partial charge < -0.3 is 20.1 Å². The summed E-state index contributed by atoms with van der Waals surface area (Å²) in [4.78, 5) is 13.2. The second-order valence-corrected chi connectivity index (χ2v) is 7.95. The molecule has 3 heterocycles. The number of ether oxygens (including phenoxy) is 2. The molecule has 188 valence electrons. The Morgan fingerprint density at radius 3 is 2.33 bits per heavy atom. The van der Waals surface area contributed by atoms with Crippen LogP contribution in [-0.4, -0.2) is 39.3 Å². The molecular formula is C23H19F5N6O2. The second-order valence-electron chi connectivity index (χ2n) is 7.95. The molecule has 0 unspecified atom stereocenters. The van der Waals surface area contributed by atoms with Crippen molar-refractivity contribution in [2.24, 2.45) is 0 Å². The van der Waals surface area contributed by atoms with Crippen molar-refractivity contribution >= 4 is 34.4 Å². The first-order chi connectivity index (χ1) is 17.4. The minimum absolute atomic E-state index is 0.000452. The number of aromatic nitrogens is 4. The molecule has 8 nitrogen and oxygen atoms in total. The standard InChI is InChI=1S/C23H19F5N6O2/c24-12-9-16(25)19(17(26)10-12)32-23-31-18-11-29-22(30-13-1-3-15(4-2-13)36-21(27)28)33-20(18)34(23)14-5-7-35-8-6-14/h1-4,9-11,14,21H,5-8H2,(H,31,32)(H,29,30,33). The van der Waals surface area contributed by atoms with Crippen molar-refractivity contribution in [1.29, 1.82) is 0 Å². The summed E-state index contributed by atoms with van der Waals surface area (Å²) in [5, 5.41) is 5.62. The fourth-order valence-electron chi connectivity index (χ4n) is 3.95. The minimum atomic E-state index is -2.93. The molecule has 0 saturated carbocycles. The number of alkyl halides is 2. The highest BCUT2D eigenvalue weighted by Gasteiger charge is 2.25. The van der Waals surface area contributed by atoms with Gasteiger partial charge in [0.15, 0.2) is 17.3 Å². The molecule has 0 amide bonds. The summed E-state index contributed by atoms with van der Waals surface area (Å²) < 4.78 is 78.3. The van der Waals surface area contributed by atoms with E-state index in [1.165, 1.54) is 30.5 Å². The summed E-state index contributed by atoms with van der Waals surface area (Å²) in [5.74, 6) is -2.95. The van der Waals surface area contributed by atoms with Gasteiger partial charge in [-0.05, 0) is 37.1 Å². The van der Waals surface area contributed by atoms with Crippen molar-refractivity contribution in [1.82, 2.24) is 19.5 Å². The Hall–Kier alpha value is -4.00. The fraction of sp³-hybridized carbons (Fsp3) is 0.261. The van der Waals surface area contributed by atoms with Crippen LogP contribution in [0, 0.1) is 17.5 Å². The average molecular weight is 506 g/mol. The monoisotopic (exact) mass is 506 g/mol. The summed E-state index contributed by atoms with van der Waals surface area (Å²) >= 11 is 0. The molecule has 0 spiro atoms. The zero-order valence-corrected chi connectivity index (χ0v) is 18.5. The van der Waals surface area contributed by atoms with Crippen LogP contribution < -0.4 is 15.4 Å². The van der Waals surface area contributed by atoms with Crippen molar-refractivity contribution in [2.45, 2.75) is 25.5 Å². The van der Waals surface area contributed by atoms with Crippen molar-refractivity contribution in [2.75, 3.05) is 23.8 Å². The Morgan fingerprint density at radius 1 is 0.972 bits per heavy atom. The Morgan fingerprint density at radius 2 is 1.67 bits per heavy atom. The van der Waals surface area contributed by atoms with Crippen LogP contribution in [0.5, 0.6) is 5.75 Å². The van der Waals surface area contributed by atoms with E-state index in [1.54, 1.807) is 4.57 Å². The highest BCUT2D eigenvalue weighted by Crippen LogP contribution is 2.33. The van der Waals surface area contributed by atoms with E-state index in [0.717, 1.165) is 0 Å². The maximum atomic E-state index is 14.3. The van der Waals surface area contributed by atoms with Crippen LogP contribution in [-0.2, 0) is 4.74 Å². The normalized spacial score (nSPS) is 14.4. The average Bonchev–Trinajstić information content (AvgIpc) is 3.20. The molecule has 4 aromatic rings. The highest BCUT2D eigenvalue weighted by atomic mass is 19.3. The van der Waals surface area contributed by atoms with Crippen LogP contribution >= 0.6 is 0 Å². The van der Waals surface area contributed by atoms with Crippen molar-refractivity contribution in [3.63, 3.8) is 0 Å². The Balaban J connectivity index is 1.50. The lowest BCUT2D eigenvalue weighted by molar-refractivity contribution is -0.0498. The number of imidazole rings is 1. The zero-order valence-electron chi connectivity index (χ0n) is 18.5. The second kappa shape index (κ2) is 9.93. The van der Waals surface area contributed by atoms with E-state index in [9.17, 15) is 22.0 Å². The van der Waals surface area contributed by atoms with Crippen LogP contribution in [0.3, 0.4) is 0 Å². The number of anilines is 4. The van der Waals surface area contributed by atoms with E-state index in [1.807, 2.05) is 0 Å². The van der Waals surface area contributed by atoms with E-state index < -0.39 is 29.8 Å². The lowest BCUT2D eigenvalue weighted by Crippen LogP contribution is -2.21. The molecule has 1 aliphatic heterocycles. The number of rotatable bonds is 7. The molecule has 0 aliphatic carbocycles. The molecule has 1 saturated heterocycles. The molecule has 36 heavy (non-hydrogen) atoms. The third kappa shape index (κ3) is 5.00. The van der Waals surface area contributed by atoms with Gasteiger partial charge in [-0.3, -0.25) is 4.57 Å². The van der Waals surface area contributed by atoms with Crippen molar-refractivity contribution in [3.8, 4) is 5.75 Å². The number of nitrogens with zero attached hydrogens (tertiary/aromatic N) is 4. The number of benzene rings is 2. The fourth-order valence-corrected chi connectivity index (χ4v) is 3.95. The van der Waals surface area contributed by atoms with E-state index in [-0.39, 0.29) is 23.7 Å². The largest absolute Gasteiger partial charge is 0.435 e. The third-order valence-electron chi connectivity index (χ3n) is 5.57. The zero-order chi connectivity index (χ0) is 25.2. The van der Waals surface area contributed by atoms with Gasteiger partial charge in [0.05, 0.1) is 6.20 Å². The van der Waals surface area contributed by atoms with Gasteiger partial charge in [-0.1, -0.05) is 0 Å². The minimum Gasteiger partial charge on any atom is -0.435 e. The molecule has 0 radical (unpaired) electrons. The predicted octanol–water partition coefficient (Wildman–Crippen LogP) is 5.68. The quantitative estimate of drug-likeness (QED) is 0.312. The summed E-state index contributed by atoms with van der Waals surface area (Å²) in [6, 6.07) is 6.78. The first-order valence-electron chi connectivity index (χ1n) is 10.9. The highest BCUT2D eigenvalue weighted by molar-refractivity contribution is 5.77. The molecular weight excluding hydrogens is 487 g/mol. The summed E-state index contributed by atoms with van der Waals surface area (Å²) in [5.41, 5.74) is 0.722. The molecule has 0 atom stereocenters. The SMILES string of the molecule is Fc1cc(F)c(Nc2nc3cnc(Nc4ccc(OC(F)F)cc4)nc3n2C2CCOCC2)c(F)c1. The molecule has 1 aliphatic rings. The number of hydrogen-bond donors (Lipinski definition) is 2. The molecule has 13 heteroatoms. The van der Waals surface area contributed by atoms with Gasteiger partial charge in [-0.25, -0.2) is 23.1 Å². The van der Waals surface area contributed by atoms with Crippen LogP contribution in [0.4, 0.5) is 45.2 Å². The molecule has 5 rings (SSSR count). The van der Waals surface area contributed by atoms with E-state index in [0.29, 0.717) is 55.0 Å². The topological polar surface area (TPSA) is 86.1 Å². The Labute approximate surface area is 201 Å². The molecule has 1 fully saturated rings.